The number of anilines is 1. The number of rotatable bonds is 5. The maximum atomic E-state index is 12.4. The molecule has 2 aliphatic carbocycles. The van der Waals surface area contributed by atoms with Gasteiger partial charge in [-0.1, -0.05) is 29.8 Å². The Labute approximate surface area is 192 Å². The summed E-state index contributed by atoms with van der Waals surface area (Å²) in [5.41, 5.74) is 2.53. The summed E-state index contributed by atoms with van der Waals surface area (Å²) in [6.45, 7) is 2.64. The Morgan fingerprint density at radius 2 is 2.16 bits per heavy atom. The fourth-order valence-electron chi connectivity index (χ4n) is 5.03. The number of aryl methyl sites for hydroxylation is 1. The molecule has 2 aliphatic rings. The number of nitrogens with zero attached hydrogens (tertiary/aromatic N) is 4. The topological polar surface area (TPSA) is 125 Å². The molecule has 1 unspecified atom stereocenters. The first-order valence-corrected chi connectivity index (χ1v) is 11.2. The summed E-state index contributed by atoms with van der Waals surface area (Å²) in [5.74, 6) is 0.197. The number of hydrogen-bond donors (Lipinski definition) is 4. The van der Waals surface area contributed by atoms with Crippen LogP contribution < -0.4 is 10.6 Å². The number of aliphatic hydroxyl groups is 2. The molecule has 2 fully saturated rings. The van der Waals surface area contributed by atoms with E-state index in [-0.39, 0.29) is 11.8 Å². The summed E-state index contributed by atoms with van der Waals surface area (Å²) >= 11 is 2.06. The van der Waals surface area contributed by atoms with Crippen LogP contribution >= 0.6 is 22.6 Å². The van der Waals surface area contributed by atoms with Gasteiger partial charge in [0.2, 0.25) is 5.91 Å². The lowest BCUT2D eigenvalue weighted by Crippen LogP contribution is -2.41. The van der Waals surface area contributed by atoms with E-state index in [1.165, 1.54) is 5.56 Å². The van der Waals surface area contributed by atoms with Crippen molar-refractivity contribution in [3.05, 3.63) is 45.6 Å². The SMILES string of the molecule is CNC(=O)[C@@]12C[C@@H]1[C@@H](n1cnc3c(NCc4cccc(C)c4)nc(I)nc31)[C@@H](O)C2O. The summed E-state index contributed by atoms with van der Waals surface area (Å²) in [6, 6.07) is 7.74. The highest BCUT2D eigenvalue weighted by atomic mass is 127. The van der Waals surface area contributed by atoms with Gasteiger partial charge in [-0.15, -0.1) is 0 Å². The van der Waals surface area contributed by atoms with Crippen molar-refractivity contribution in [3.8, 4) is 0 Å². The number of nitrogens with one attached hydrogen (secondary N) is 2. The smallest absolute Gasteiger partial charge is 0.229 e. The van der Waals surface area contributed by atoms with Crippen LogP contribution in [0.2, 0.25) is 0 Å². The van der Waals surface area contributed by atoms with Crippen LogP contribution in [0.3, 0.4) is 0 Å². The number of aliphatic hydroxyl groups excluding tert-OH is 2. The third-order valence-corrected chi connectivity index (χ3v) is 7.06. The molecule has 0 bridgehead atoms. The minimum Gasteiger partial charge on any atom is -0.389 e. The Hall–Kier alpha value is -2.31. The van der Waals surface area contributed by atoms with Gasteiger partial charge in [-0.05, 0) is 18.9 Å². The van der Waals surface area contributed by atoms with E-state index in [1.54, 1.807) is 17.9 Å². The van der Waals surface area contributed by atoms with Gasteiger partial charge in [0, 0.05) is 42.1 Å². The normalized spacial score (nSPS) is 29.1. The zero-order chi connectivity index (χ0) is 21.9. The Morgan fingerprint density at radius 1 is 1.35 bits per heavy atom. The minimum absolute atomic E-state index is 0.175. The first-order valence-electron chi connectivity index (χ1n) is 10.1. The number of benzene rings is 1. The first kappa shape index (κ1) is 20.6. The number of aromatic nitrogens is 4. The molecule has 10 heteroatoms. The average Bonchev–Trinajstić information content (AvgIpc) is 3.29. The van der Waals surface area contributed by atoms with Crippen LogP contribution in [0.15, 0.2) is 30.6 Å². The zero-order valence-corrected chi connectivity index (χ0v) is 19.2. The molecule has 31 heavy (non-hydrogen) atoms. The van der Waals surface area contributed by atoms with Gasteiger partial charge in [-0.3, -0.25) is 4.79 Å². The number of fused-ring (bicyclic) bond motifs is 2. The molecule has 2 saturated carbocycles. The van der Waals surface area contributed by atoms with Gasteiger partial charge in [-0.2, -0.15) is 0 Å². The molecule has 0 spiro atoms. The highest BCUT2D eigenvalue weighted by Crippen LogP contribution is 2.67. The van der Waals surface area contributed by atoms with E-state index in [2.05, 4.69) is 67.2 Å². The molecule has 2 heterocycles. The van der Waals surface area contributed by atoms with Crippen LogP contribution in [-0.4, -0.2) is 54.9 Å². The second-order valence-electron chi connectivity index (χ2n) is 8.36. The molecular formula is C21H23IN6O3. The molecule has 2 aromatic heterocycles. The number of imidazole rings is 1. The summed E-state index contributed by atoms with van der Waals surface area (Å²) in [5, 5.41) is 27.4. The van der Waals surface area contributed by atoms with Crippen molar-refractivity contribution in [3.63, 3.8) is 0 Å². The van der Waals surface area contributed by atoms with Crippen molar-refractivity contribution in [2.24, 2.45) is 11.3 Å². The Balaban J connectivity index is 1.49. The van der Waals surface area contributed by atoms with Gasteiger partial charge in [0.15, 0.2) is 20.8 Å². The highest BCUT2D eigenvalue weighted by Gasteiger charge is 2.75. The molecule has 3 aromatic rings. The third-order valence-electron chi connectivity index (χ3n) is 6.58. The van der Waals surface area contributed by atoms with Crippen LogP contribution in [0.4, 0.5) is 5.82 Å². The number of amides is 1. The van der Waals surface area contributed by atoms with E-state index < -0.39 is 23.7 Å². The monoisotopic (exact) mass is 534 g/mol. The Morgan fingerprint density at radius 3 is 2.90 bits per heavy atom. The number of halogens is 1. The fourth-order valence-corrected chi connectivity index (χ4v) is 5.50. The van der Waals surface area contributed by atoms with Gasteiger partial charge < -0.3 is 25.4 Å². The third kappa shape index (κ3) is 3.11. The van der Waals surface area contributed by atoms with Crippen LogP contribution in [0.25, 0.3) is 11.2 Å². The lowest BCUT2D eigenvalue weighted by Gasteiger charge is -2.23. The van der Waals surface area contributed by atoms with Gasteiger partial charge >= 0.3 is 0 Å². The maximum Gasteiger partial charge on any atom is 0.229 e. The maximum absolute atomic E-state index is 12.4. The largest absolute Gasteiger partial charge is 0.389 e. The van der Waals surface area contributed by atoms with Crippen molar-refractivity contribution in [2.45, 2.75) is 38.1 Å². The highest BCUT2D eigenvalue weighted by molar-refractivity contribution is 14.1. The van der Waals surface area contributed by atoms with E-state index in [1.807, 2.05) is 12.1 Å². The van der Waals surface area contributed by atoms with Gasteiger partial charge in [0.1, 0.15) is 6.10 Å². The number of carbonyl (C=O) groups is 1. The first-order chi connectivity index (χ1) is 14.9. The average molecular weight is 534 g/mol. The molecule has 4 N–H and O–H groups in total. The standard InChI is InChI=1S/C21H23IN6O3/c1-10-4-3-5-11(6-10)8-24-17-13-18(27-20(22)26-17)28(9-25-13)14-12-7-21(12,19(31)23-2)16(30)15(14)29/h3-6,9,12,14-16,29-30H,7-8H2,1-2H3,(H,23,31)(H,24,26,27)/t12-,14-,15-,16?,21+/m1/s1. The minimum atomic E-state index is -1.13. The van der Waals surface area contributed by atoms with Crippen LogP contribution in [0.5, 0.6) is 0 Å². The molecule has 5 atom stereocenters. The molecule has 1 amide bonds. The van der Waals surface area contributed by atoms with Gasteiger partial charge in [0.05, 0.1) is 23.9 Å². The van der Waals surface area contributed by atoms with Crippen molar-refractivity contribution in [1.29, 1.82) is 0 Å². The second-order valence-corrected chi connectivity index (χ2v) is 9.33. The van der Waals surface area contributed by atoms with Crippen LogP contribution in [-0.2, 0) is 11.3 Å². The van der Waals surface area contributed by atoms with Crippen molar-refractivity contribution < 1.29 is 15.0 Å². The number of hydrogen-bond acceptors (Lipinski definition) is 7. The summed E-state index contributed by atoms with van der Waals surface area (Å²) in [6.07, 6.45) is -0.0633. The van der Waals surface area contributed by atoms with E-state index in [0.29, 0.717) is 33.8 Å². The lowest BCUT2D eigenvalue weighted by molar-refractivity contribution is -0.132. The predicted octanol–water partition coefficient (Wildman–Crippen LogP) is 1.38. The summed E-state index contributed by atoms with van der Waals surface area (Å²) < 4.78 is 2.33. The second kappa shape index (κ2) is 7.38. The fraction of sp³-hybridized carbons (Fsp3) is 0.429. The lowest BCUT2D eigenvalue weighted by atomic mass is 9.98. The van der Waals surface area contributed by atoms with E-state index in [4.69, 9.17) is 0 Å². The molecule has 0 aliphatic heterocycles. The van der Waals surface area contributed by atoms with E-state index >= 15 is 0 Å². The van der Waals surface area contributed by atoms with Crippen molar-refractivity contribution in [1.82, 2.24) is 24.8 Å². The van der Waals surface area contributed by atoms with Gasteiger partial charge in [-0.25, -0.2) is 15.0 Å². The summed E-state index contributed by atoms with van der Waals surface area (Å²) in [4.78, 5) is 26.0. The van der Waals surface area contributed by atoms with Gasteiger partial charge in [0.25, 0.3) is 0 Å². The Kier molecular flexibility index (Phi) is 4.90. The number of carbonyl (C=O) groups excluding carboxylic acids is 1. The molecule has 0 saturated heterocycles. The predicted molar refractivity (Wildman–Crippen MR) is 122 cm³/mol. The van der Waals surface area contributed by atoms with Crippen molar-refractivity contribution in [2.75, 3.05) is 12.4 Å². The van der Waals surface area contributed by atoms with Crippen LogP contribution in [0.1, 0.15) is 23.6 Å². The molecule has 9 nitrogen and oxygen atoms in total. The zero-order valence-electron chi connectivity index (χ0n) is 17.1. The molecule has 5 rings (SSSR count). The molecule has 162 valence electrons. The quantitative estimate of drug-likeness (QED) is 0.288. The molecule has 1 aromatic carbocycles. The van der Waals surface area contributed by atoms with E-state index in [9.17, 15) is 15.0 Å². The van der Waals surface area contributed by atoms with Crippen molar-refractivity contribution >= 4 is 45.5 Å². The molecule has 0 radical (unpaired) electrons. The van der Waals surface area contributed by atoms with E-state index in [0.717, 1.165) is 5.56 Å². The summed E-state index contributed by atoms with van der Waals surface area (Å²) in [7, 11) is 1.55. The Bertz CT molecular complexity index is 1180. The van der Waals surface area contributed by atoms with Crippen LogP contribution in [0, 0.1) is 22.1 Å². The molecular weight excluding hydrogens is 511 g/mol.